The SMILES string of the molecule is O=C1CC[C@@]2(CCOC2)CN1CCCn1nccc1C1CC1. The van der Waals surface area contributed by atoms with Crippen LogP contribution in [0.25, 0.3) is 0 Å². The van der Waals surface area contributed by atoms with E-state index in [4.69, 9.17) is 4.74 Å². The van der Waals surface area contributed by atoms with Crippen molar-refractivity contribution in [2.45, 2.75) is 51.0 Å². The number of carbonyl (C=O) groups is 1. The number of hydrogen-bond acceptors (Lipinski definition) is 3. The van der Waals surface area contributed by atoms with E-state index in [0.717, 1.165) is 58.0 Å². The van der Waals surface area contributed by atoms with E-state index in [9.17, 15) is 4.79 Å². The molecule has 3 fully saturated rings. The summed E-state index contributed by atoms with van der Waals surface area (Å²) in [5, 5.41) is 4.44. The molecule has 3 heterocycles. The largest absolute Gasteiger partial charge is 0.381 e. The fourth-order valence-electron chi connectivity index (χ4n) is 3.94. The van der Waals surface area contributed by atoms with E-state index >= 15 is 0 Å². The Kier molecular flexibility index (Phi) is 3.68. The molecule has 5 heteroatoms. The minimum atomic E-state index is 0.249. The van der Waals surface area contributed by atoms with Gasteiger partial charge in [-0.05, 0) is 38.2 Å². The molecule has 1 atom stereocenters. The highest BCUT2D eigenvalue weighted by Gasteiger charge is 2.41. The summed E-state index contributed by atoms with van der Waals surface area (Å²) < 4.78 is 7.72. The number of nitrogens with zero attached hydrogens (tertiary/aromatic N) is 3. The first kappa shape index (κ1) is 14.2. The topological polar surface area (TPSA) is 47.4 Å². The highest BCUT2D eigenvalue weighted by atomic mass is 16.5. The van der Waals surface area contributed by atoms with Crippen LogP contribution in [0.1, 0.15) is 50.1 Å². The Labute approximate surface area is 131 Å². The molecule has 0 bridgehead atoms. The number of aromatic nitrogens is 2. The summed E-state index contributed by atoms with van der Waals surface area (Å²) in [6.45, 7) is 4.36. The molecule has 1 aromatic rings. The van der Waals surface area contributed by atoms with Crippen LogP contribution in [0, 0.1) is 5.41 Å². The van der Waals surface area contributed by atoms with Crippen molar-refractivity contribution >= 4 is 5.91 Å². The third kappa shape index (κ3) is 2.78. The number of aryl methyl sites for hydroxylation is 1. The Morgan fingerprint density at radius 1 is 1.32 bits per heavy atom. The number of hydrogen-bond donors (Lipinski definition) is 0. The Bertz CT molecular complexity index is 544. The van der Waals surface area contributed by atoms with Crippen LogP contribution in [0.15, 0.2) is 12.3 Å². The van der Waals surface area contributed by atoms with E-state index in [1.165, 1.54) is 18.5 Å². The van der Waals surface area contributed by atoms with Gasteiger partial charge in [0, 0.05) is 55.9 Å². The molecule has 22 heavy (non-hydrogen) atoms. The van der Waals surface area contributed by atoms with Gasteiger partial charge in [0.15, 0.2) is 0 Å². The first-order valence-corrected chi connectivity index (χ1v) is 8.63. The van der Waals surface area contributed by atoms with Gasteiger partial charge in [-0.3, -0.25) is 9.48 Å². The lowest BCUT2D eigenvalue weighted by Gasteiger charge is -2.39. The van der Waals surface area contributed by atoms with Crippen LogP contribution < -0.4 is 0 Å². The molecule has 1 aromatic heterocycles. The van der Waals surface area contributed by atoms with Crippen molar-refractivity contribution < 1.29 is 9.53 Å². The van der Waals surface area contributed by atoms with Crippen LogP contribution in [0.5, 0.6) is 0 Å². The number of ether oxygens (including phenoxy) is 1. The van der Waals surface area contributed by atoms with E-state index in [0.29, 0.717) is 12.3 Å². The van der Waals surface area contributed by atoms with Gasteiger partial charge in [-0.2, -0.15) is 5.10 Å². The Balaban J connectivity index is 1.32. The second-order valence-corrected chi connectivity index (χ2v) is 7.22. The lowest BCUT2D eigenvalue weighted by Crippen LogP contribution is -2.47. The molecule has 2 saturated heterocycles. The number of rotatable bonds is 5. The van der Waals surface area contributed by atoms with E-state index in [1.54, 1.807) is 0 Å². The third-order valence-corrected chi connectivity index (χ3v) is 5.48. The Morgan fingerprint density at radius 2 is 2.23 bits per heavy atom. The van der Waals surface area contributed by atoms with Gasteiger partial charge in [0.05, 0.1) is 6.61 Å². The Hall–Kier alpha value is -1.36. The lowest BCUT2D eigenvalue weighted by molar-refractivity contribution is -0.137. The molecule has 0 radical (unpaired) electrons. The summed E-state index contributed by atoms with van der Waals surface area (Å²) in [6, 6.07) is 2.15. The molecule has 1 aliphatic carbocycles. The summed E-state index contributed by atoms with van der Waals surface area (Å²) >= 11 is 0. The number of likely N-dealkylation sites (tertiary alicyclic amines) is 1. The molecule has 1 amide bonds. The summed E-state index contributed by atoms with van der Waals surface area (Å²) in [7, 11) is 0. The van der Waals surface area contributed by atoms with E-state index in [-0.39, 0.29) is 5.41 Å². The van der Waals surface area contributed by atoms with Gasteiger partial charge in [0.1, 0.15) is 0 Å². The monoisotopic (exact) mass is 303 g/mol. The molecule has 4 rings (SSSR count). The van der Waals surface area contributed by atoms with Crippen molar-refractivity contribution in [3.05, 3.63) is 18.0 Å². The van der Waals surface area contributed by atoms with E-state index in [1.807, 2.05) is 6.20 Å². The average Bonchev–Trinajstić information content (AvgIpc) is 3.09. The second-order valence-electron chi connectivity index (χ2n) is 7.22. The zero-order valence-electron chi connectivity index (χ0n) is 13.2. The quantitative estimate of drug-likeness (QED) is 0.837. The van der Waals surface area contributed by atoms with Crippen LogP contribution in [0.2, 0.25) is 0 Å². The maximum absolute atomic E-state index is 12.2. The van der Waals surface area contributed by atoms with Crippen molar-refractivity contribution in [2.24, 2.45) is 5.41 Å². The van der Waals surface area contributed by atoms with Gasteiger partial charge in [-0.15, -0.1) is 0 Å². The van der Waals surface area contributed by atoms with Crippen molar-refractivity contribution in [3.63, 3.8) is 0 Å². The van der Waals surface area contributed by atoms with Gasteiger partial charge in [-0.25, -0.2) is 0 Å². The van der Waals surface area contributed by atoms with Gasteiger partial charge >= 0.3 is 0 Å². The highest BCUT2D eigenvalue weighted by molar-refractivity contribution is 5.77. The highest BCUT2D eigenvalue weighted by Crippen LogP contribution is 2.40. The maximum atomic E-state index is 12.2. The maximum Gasteiger partial charge on any atom is 0.222 e. The smallest absolute Gasteiger partial charge is 0.222 e. The fourth-order valence-corrected chi connectivity index (χ4v) is 3.94. The van der Waals surface area contributed by atoms with Crippen LogP contribution in [-0.4, -0.2) is 46.9 Å². The van der Waals surface area contributed by atoms with E-state index in [2.05, 4.69) is 20.7 Å². The summed E-state index contributed by atoms with van der Waals surface area (Å²) in [4.78, 5) is 14.2. The van der Waals surface area contributed by atoms with E-state index < -0.39 is 0 Å². The van der Waals surface area contributed by atoms with Gasteiger partial charge in [0.2, 0.25) is 5.91 Å². The van der Waals surface area contributed by atoms with Crippen molar-refractivity contribution in [1.82, 2.24) is 14.7 Å². The molecule has 0 unspecified atom stereocenters. The first-order chi connectivity index (χ1) is 10.8. The van der Waals surface area contributed by atoms with Crippen LogP contribution >= 0.6 is 0 Å². The predicted molar refractivity (Wildman–Crippen MR) is 82.5 cm³/mol. The number of amides is 1. The van der Waals surface area contributed by atoms with Crippen molar-refractivity contribution in [2.75, 3.05) is 26.3 Å². The minimum Gasteiger partial charge on any atom is -0.381 e. The number of carbonyl (C=O) groups excluding carboxylic acids is 1. The standard InChI is InChI=1S/C17H25N3O2/c21-16-4-6-17(7-11-22-13-17)12-19(16)9-1-10-20-15(5-8-18-20)14-2-3-14/h5,8,14H,1-4,6-7,9-13H2/t17-/m1/s1. The molecule has 1 spiro atoms. The van der Waals surface area contributed by atoms with Gasteiger partial charge < -0.3 is 9.64 Å². The molecule has 3 aliphatic rings. The van der Waals surface area contributed by atoms with Crippen molar-refractivity contribution in [3.8, 4) is 0 Å². The zero-order valence-corrected chi connectivity index (χ0v) is 13.2. The third-order valence-electron chi connectivity index (χ3n) is 5.48. The molecule has 0 N–H and O–H groups in total. The second kappa shape index (κ2) is 5.69. The zero-order chi connectivity index (χ0) is 15.0. The molecule has 0 aromatic carbocycles. The van der Waals surface area contributed by atoms with Gasteiger partial charge in [-0.1, -0.05) is 0 Å². The summed E-state index contributed by atoms with van der Waals surface area (Å²) in [5.74, 6) is 1.05. The normalized spacial score (nSPS) is 28.7. The van der Waals surface area contributed by atoms with Crippen LogP contribution in [0.4, 0.5) is 0 Å². The fraction of sp³-hybridized carbons (Fsp3) is 0.765. The van der Waals surface area contributed by atoms with Crippen LogP contribution in [-0.2, 0) is 16.1 Å². The first-order valence-electron chi connectivity index (χ1n) is 8.63. The molecule has 120 valence electrons. The van der Waals surface area contributed by atoms with Gasteiger partial charge in [0.25, 0.3) is 0 Å². The lowest BCUT2D eigenvalue weighted by atomic mass is 9.79. The predicted octanol–water partition coefficient (Wildman–Crippen LogP) is 2.18. The molecular weight excluding hydrogens is 278 g/mol. The summed E-state index contributed by atoms with van der Waals surface area (Å²) in [6.07, 6.45) is 8.32. The minimum absolute atomic E-state index is 0.249. The number of piperidine rings is 1. The molecule has 5 nitrogen and oxygen atoms in total. The molecular formula is C17H25N3O2. The molecule has 2 aliphatic heterocycles. The summed E-state index contributed by atoms with van der Waals surface area (Å²) in [5.41, 5.74) is 1.63. The van der Waals surface area contributed by atoms with Crippen LogP contribution in [0.3, 0.4) is 0 Å². The molecule has 1 saturated carbocycles. The average molecular weight is 303 g/mol. The Morgan fingerprint density at radius 3 is 3.00 bits per heavy atom. The van der Waals surface area contributed by atoms with Crippen molar-refractivity contribution in [1.29, 1.82) is 0 Å².